The highest BCUT2D eigenvalue weighted by atomic mass is 16.5. The van der Waals surface area contributed by atoms with Gasteiger partial charge in [0, 0.05) is 13.0 Å². The molecule has 1 unspecified atom stereocenters. The number of fused-ring (bicyclic) bond motifs is 1. The molecule has 0 aromatic heterocycles. The average molecular weight is 483 g/mol. The molecule has 2 N–H and O–H groups in total. The van der Waals surface area contributed by atoms with Crippen LogP contribution in [-0.2, 0) is 9.59 Å². The second-order valence-corrected chi connectivity index (χ2v) is 10.1. The van der Waals surface area contributed by atoms with E-state index in [-0.39, 0.29) is 29.9 Å². The fourth-order valence-corrected chi connectivity index (χ4v) is 5.98. The number of nitrogens with zero attached hydrogens (tertiary/aromatic N) is 2. The Labute approximate surface area is 205 Å². The molecule has 9 heteroatoms. The van der Waals surface area contributed by atoms with Gasteiger partial charge in [-0.3, -0.25) is 29.4 Å². The maximum absolute atomic E-state index is 12.9. The fraction of sp³-hybridized carbons (Fsp3) is 0.615. The molecule has 0 aliphatic carbocycles. The van der Waals surface area contributed by atoms with E-state index in [0.29, 0.717) is 12.4 Å². The number of hydrogen-bond acceptors (Lipinski definition) is 7. The molecule has 4 aliphatic rings. The number of carbonyl (C=O) groups is 4. The van der Waals surface area contributed by atoms with E-state index in [2.05, 4.69) is 15.5 Å². The molecule has 3 saturated heterocycles. The monoisotopic (exact) mass is 482 g/mol. The number of carbonyl (C=O) groups excluding carboxylic acids is 4. The van der Waals surface area contributed by atoms with E-state index < -0.39 is 23.8 Å². The van der Waals surface area contributed by atoms with E-state index in [1.54, 1.807) is 18.2 Å². The first kappa shape index (κ1) is 23.9. The number of nitrogens with one attached hydrogen (secondary N) is 2. The van der Waals surface area contributed by atoms with Crippen molar-refractivity contribution in [1.82, 2.24) is 20.4 Å². The highest BCUT2D eigenvalue weighted by Crippen LogP contribution is 2.32. The normalized spacial score (nSPS) is 24.6. The zero-order valence-electron chi connectivity index (χ0n) is 20.1. The fourth-order valence-electron chi connectivity index (χ4n) is 5.98. The molecule has 4 aliphatic heterocycles. The Hall–Kier alpha value is -2.78. The van der Waals surface area contributed by atoms with Gasteiger partial charge in [0.15, 0.2) is 0 Å². The largest absolute Gasteiger partial charge is 0.494 e. The second kappa shape index (κ2) is 10.5. The van der Waals surface area contributed by atoms with Crippen LogP contribution < -0.4 is 15.4 Å². The lowest BCUT2D eigenvalue weighted by Gasteiger charge is -2.37. The minimum absolute atomic E-state index is 0.105. The molecule has 0 spiro atoms. The third-order valence-electron chi connectivity index (χ3n) is 7.98. The molecule has 35 heavy (non-hydrogen) atoms. The molecule has 9 nitrogen and oxygen atoms in total. The Kier molecular flexibility index (Phi) is 7.15. The van der Waals surface area contributed by atoms with Crippen LogP contribution in [0.25, 0.3) is 0 Å². The summed E-state index contributed by atoms with van der Waals surface area (Å²) in [6.45, 7) is 6.16. The molecule has 188 valence electrons. The van der Waals surface area contributed by atoms with Crippen molar-refractivity contribution in [3.05, 3.63) is 29.3 Å². The van der Waals surface area contributed by atoms with Crippen molar-refractivity contribution in [2.45, 2.75) is 51.0 Å². The van der Waals surface area contributed by atoms with Gasteiger partial charge < -0.3 is 15.0 Å². The van der Waals surface area contributed by atoms with E-state index in [4.69, 9.17) is 4.74 Å². The van der Waals surface area contributed by atoms with Crippen LogP contribution in [0.2, 0.25) is 0 Å². The smallest absolute Gasteiger partial charge is 0.262 e. The molecular formula is C26H34N4O5. The van der Waals surface area contributed by atoms with E-state index in [1.807, 2.05) is 0 Å². The SMILES string of the molecule is O=C1CCC(N2C(=O)c3ccc(OCCCN4CCC(C5CCNCC5)CC4)cc3C2=O)C(=O)N1. The molecule has 0 saturated carbocycles. The maximum atomic E-state index is 12.9. The average Bonchev–Trinajstić information content (AvgIpc) is 3.12. The van der Waals surface area contributed by atoms with E-state index >= 15 is 0 Å². The van der Waals surface area contributed by atoms with E-state index in [1.165, 1.54) is 38.8 Å². The topological polar surface area (TPSA) is 108 Å². The van der Waals surface area contributed by atoms with Crippen molar-refractivity contribution in [3.63, 3.8) is 0 Å². The lowest BCUT2D eigenvalue weighted by molar-refractivity contribution is -0.136. The number of rotatable bonds is 7. The van der Waals surface area contributed by atoms with Crippen molar-refractivity contribution in [2.75, 3.05) is 39.3 Å². The minimum Gasteiger partial charge on any atom is -0.494 e. The van der Waals surface area contributed by atoms with Gasteiger partial charge in [-0.05, 0) is 94.7 Å². The minimum atomic E-state index is -0.955. The molecule has 0 bridgehead atoms. The van der Waals surface area contributed by atoms with Gasteiger partial charge in [-0.1, -0.05) is 0 Å². The van der Waals surface area contributed by atoms with Crippen LogP contribution in [0, 0.1) is 11.8 Å². The number of amides is 4. The van der Waals surface area contributed by atoms with Gasteiger partial charge >= 0.3 is 0 Å². The molecule has 1 aromatic carbocycles. The number of ether oxygens (including phenoxy) is 1. The molecule has 1 aromatic rings. The summed E-state index contributed by atoms with van der Waals surface area (Å²) >= 11 is 0. The Morgan fingerprint density at radius 3 is 2.34 bits per heavy atom. The van der Waals surface area contributed by atoms with Crippen LogP contribution in [-0.4, -0.2) is 78.8 Å². The highest BCUT2D eigenvalue weighted by molar-refractivity contribution is 6.23. The third kappa shape index (κ3) is 5.11. The van der Waals surface area contributed by atoms with Crippen LogP contribution in [0.15, 0.2) is 18.2 Å². The molecule has 0 radical (unpaired) electrons. The highest BCUT2D eigenvalue weighted by Gasteiger charge is 2.44. The zero-order chi connectivity index (χ0) is 24.4. The lowest BCUT2D eigenvalue weighted by atomic mass is 9.79. The summed E-state index contributed by atoms with van der Waals surface area (Å²) in [5.74, 6) is 0.301. The molecule has 1 atom stereocenters. The summed E-state index contributed by atoms with van der Waals surface area (Å²) in [6.07, 6.45) is 6.36. The van der Waals surface area contributed by atoms with Crippen molar-refractivity contribution in [2.24, 2.45) is 11.8 Å². The predicted octanol–water partition coefficient (Wildman–Crippen LogP) is 1.57. The summed E-state index contributed by atoms with van der Waals surface area (Å²) < 4.78 is 5.90. The first-order valence-corrected chi connectivity index (χ1v) is 12.9. The summed E-state index contributed by atoms with van der Waals surface area (Å²) in [4.78, 5) is 52.8. The predicted molar refractivity (Wildman–Crippen MR) is 128 cm³/mol. The molecule has 5 rings (SSSR count). The van der Waals surface area contributed by atoms with Crippen LogP contribution in [0.3, 0.4) is 0 Å². The summed E-state index contributed by atoms with van der Waals surface area (Å²) in [5, 5.41) is 5.67. The molecule has 3 fully saturated rings. The van der Waals surface area contributed by atoms with Crippen LogP contribution >= 0.6 is 0 Å². The number of benzene rings is 1. The van der Waals surface area contributed by atoms with Gasteiger partial charge in [0.25, 0.3) is 11.8 Å². The van der Waals surface area contributed by atoms with Gasteiger partial charge in [-0.15, -0.1) is 0 Å². The van der Waals surface area contributed by atoms with Crippen molar-refractivity contribution in [3.8, 4) is 5.75 Å². The second-order valence-electron chi connectivity index (χ2n) is 10.1. The zero-order valence-corrected chi connectivity index (χ0v) is 20.1. The summed E-state index contributed by atoms with van der Waals surface area (Å²) in [7, 11) is 0. The van der Waals surface area contributed by atoms with Crippen molar-refractivity contribution < 1.29 is 23.9 Å². The third-order valence-corrected chi connectivity index (χ3v) is 7.98. The van der Waals surface area contributed by atoms with E-state index in [9.17, 15) is 19.2 Å². The van der Waals surface area contributed by atoms with Crippen molar-refractivity contribution in [1.29, 1.82) is 0 Å². The quantitative estimate of drug-likeness (QED) is 0.449. The van der Waals surface area contributed by atoms with Gasteiger partial charge in [-0.25, -0.2) is 0 Å². The van der Waals surface area contributed by atoms with Gasteiger partial charge in [0.1, 0.15) is 11.8 Å². The molecular weight excluding hydrogens is 448 g/mol. The first-order valence-electron chi connectivity index (χ1n) is 12.9. The Bertz CT molecular complexity index is 997. The number of hydrogen-bond donors (Lipinski definition) is 2. The van der Waals surface area contributed by atoms with Gasteiger partial charge in [0.2, 0.25) is 11.8 Å². The summed E-state index contributed by atoms with van der Waals surface area (Å²) in [6, 6.07) is 3.92. The standard InChI is InChI=1S/C26H34N4O5/c31-23-5-4-22(24(32)28-23)30-25(33)20-3-2-19(16-21(20)26(30)34)35-15-1-12-29-13-8-18(9-14-29)17-6-10-27-11-7-17/h2-3,16-18,22,27H,1,4-15H2,(H,28,31,32). The maximum Gasteiger partial charge on any atom is 0.262 e. The lowest BCUT2D eigenvalue weighted by Crippen LogP contribution is -2.54. The Morgan fingerprint density at radius 1 is 0.886 bits per heavy atom. The molecule has 4 amide bonds. The van der Waals surface area contributed by atoms with Gasteiger partial charge in [-0.2, -0.15) is 0 Å². The number of imide groups is 2. The van der Waals surface area contributed by atoms with Crippen LogP contribution in [0.1, 0.15) is 65.7 Å². The number of likely N-dealkylation sites (tertiary alicyclic amines) is 1. The summed E-state index contributed by atoms with van der Waals surface area (Å²) in [5.41, 5.74) is 0.515. The van der Waals surface area contributed by atoms with Crippen molar-refractivity contribution >= 4 is 23.6 Å². The number of piperidine rings is 3. The first-order chi connectivity index (χ1) is 17.0. The Balaban J connectivity index is 1.09. The van der Waals surface area contributed by atoms with Crippen LogP contribution in [0.5, 0.6) is 5.75 Å². The molecule has 4 heterocycles. The van der Waals surface area contributed by atoms with Crippen LogP contribution in [0.4, 0.5) is 0 Å². The van der Waals surface area contributed by atoms with Gasteiger partial charge in [0.05, 0.1) is 17.7 Å². The van der Waals surface area contributed by atoms with E-state index in [0.717, 1.165) is 42.8 Å². The Morgan fingerprint density at radius 2 is 1.60 bits per heavy atom.